The van der Waals surface area contributed by atoms with Gasteiger partial charge < -0.3 is 9.55 Å². The van der Waals surface area contributed by atoms with Crippen LogP contribution in [-0.4, -0.2) is 14.5 Å². The summed E-state index contributed by atoms with van der Waals surface area (Å²) in [5.74, 6) is 1.69. The number of para-hydroxylation sites is 3. The molecule has 9 aromatic rings. The minimum atomic E-state index is 0. The molecule has 0 bridgehead atoms. The zero-order valence-electron chi connectivity index (χ0n) is 29.8. The normalized spacial score (nSPS) is 11.3. The van der Waals surface area contributed by atoms with Crippen LogP contribution in [0.2, 0.25) is 0 Å². The van der Waals surface area contributed by atoms with E-state index in [-0.39, 0.29) is 20.1 Å². The van der Waals surface area contributed by atoms with Gasteiger partial charge in [0.15, 0.2) is 0 Å². The quantitative estimate of drug-likeness (QED) is 0.128. The molecule has 52 heavy (non-hydrogen) atoms. The van der Waals surface area contributed by atoms with Gasteiger partial charge in [-0.3, -0.25) is 4.98 Å². The topological polar surface area (TPSA) is 30.7 Å². The average molecular weight is 850 g/mol. The van der Waals surface area contributed by atoms with Crippen molar-refractivity contribution in [2.24, 2.45) is 0 Å². The molecule has 0 saturated heterocycles. The van der Waals surface area contributed by atoms with Crippen molar-refractivity contribution >= 4 is 43.4 Å². The van der Waals surface area contributed by atoms with Gasteiger partial charge in [0.05, 0.1) is 16.9 Å². The van der Waals surface area contributed by atoms with E-state index in [1.807, 2.05) is 42.5 Å². The van der Waals surface area contributed by atoms with Crippen molar-refractivity contribution in [3.8, 4) is 28.3 Å². The molecule has 0 aliphatic heterocycles. The molecule has 1 radical (unpaired) electrons. The fourth-order valence-corrected chi connectivity index (χ4v) is 7.25. The molecule has 2 heterocycles. The third-order valence-electron chi connectivity index (χ3n) is 9.69. The predicted molar refractivity (Wildman–Crippen MR) is 215 cm³/mol. The van der Waals surface area contributed by atoms with Gasteiger partial charge in [-0.2, -0.15) is 0 Å². The van der Waals surface area contributed by atoms with Crippen molar-refractivity contribution in [1.82, 2.24) is 14.5 Å². The number of fused-ring (bicyclic) bond motifs is 7. The molecule has 0 atom stereocenters. The second kappa shape index (κ2) is 15.1. The van der Waals surface area contributed by atoms with Crippen LogP contribution in [0.5, 0.6) is 0 Å². The first-order valence-electron chi connectivity index (χ1n) is 17.7. The molecule has 0 aliphatic rings. The van der Waals surface area contributed by atoms with E-state index in [2.05, 4.69) is 153 Å². The van der Waals surface area contributed by atoms with Gasteiger partial charge in [-0.15, -0.1) is 59.7 Å². The molecule has 0 fully saturated rings. The molecular formula is C48H39IrN3-2. The summed E-state index contributed by atoms with van der Waals surface area (Å²) in [7, 11) is 0. The van der Waals surface area contributed by atoms with E-state index < -0.39 is 0 Å². The van der Waals surface area contributed by atoms with E-state index in [0.717, 1.165) is 33.7 Å². The first kappa shape index (κ1) is 35.0. The summed E-state index contributed by atoms with van der Waals surface area (Å²) in [6.45, 7) is 9.12. The molecule has 2 aromatic heterocycles. The second-order valence-corrected chi connectivity index (χ2v) is 13.6. The maximum atomic E-state index is 5.24. The minimum Gasteiger partial charge on any atom is -0.333 e. The zero-order valence-corrected chi connectivity index (χ0v) is 32.2. The summed E-state index contributed by atoms with van der Waals surface area (Å²) in [6, 6.07) is 57.6. The molecule has 9 rings (SSSR count). The van der Waals surface area contributed by atoms with Crippen molar-refractivity contribution in [3.05, 3.63) is 175 Å². The number of benzene rings is 7. The summed E-state index contributed by atoms with van der Waals surface area (Å²) < 4.78 is 2.39. The summed E-state index contributed by atoms with van der Waals surface area (Å²) in [5, 5.41) is 7.53. The van der Waals surface area contributed by atoms with Gasteiger partial charge in [0.25, 0.3) is 0 Å². The molecule has 7 aromatic carbocycles. The van der Waals surface area contributed by atoms with Gasteiger partial charge in [-0.25, -0.2) is 0 Å². The number of nitrogens with zero attached hydrogens (tertiary/aromatic N) is 3. The number of aromatic nitrogens is 3. The van der Waals surface area contributed by atoms with Crippen LogP contribution >= 0.6 is 0 Å². The molecule has 4 heteroatoms. The van der Waals surface area contributed by atoms with Gasteiger partial charge in [0.2, 0.25) is 0 Å². The van der Waals surface area contributed by atoms with Crippen LogP contribution in [-0.2, 0) is 20.1 Å². The van der Waals surface area contributed by atoms with Crippen molar-refractivity contribution in [3.63, 3.8) is 0 Å². The third kappa shape index (κ3) is 6.45. The van der Waals surface area contributed by atoms with Crippen molar-refractivity contribution in [2.45, 2.75) is 39.5 Å². The van der Waals surface area contributed by atoms with E-state index >= 15 is 0 Å². The number of pyridine rings is 1. The number of imidazole rings is 1. The largest absolute Gasteiger partial charge is 0.333 e. The smallest absolute Gasteiger partial charge is 0.0774 e. The van der Waals surface area contributed by atoms with Crippen molar-refractivity contribution in [1.29, 1.82) is 0 Å². The molecule has 0 aliphatic carbocycles. The van der Waals surface area contributed by atoms with Crippen LogP contribution in [0.1, 0.15) is 50.7 Å². The van der Waals surface area contributed by atoms with Crippen molar-refractivity contribution in [2.75, 3.05) is 0 Å². The number of hydrogen-bond acceptors (Lipinski definition) is 2. The average Bonchev–Trinajstić information content (AvgIpc) is 3.58. The number of rotatable bonds is 5. The summed E-state index contributed by atoms with van der Waals surface area (Å²) in [4.78, 5) is 9.46. The Morgan fingerprint density at radius 1 is 0.538 bits per heavy atom. The molecule has 257 valence electrons. The van der Waals surface area contributed by atoms with Crippen LogP contribution in [0.3, 0.4) is 0 Å². The first-order chi connectivity index (χ1) is 25.0. The molecule has 0 unspecified atom stereocenters. The summed E-state index contributed by atoms with van der Waals surface area (Å²) in [6.07, 6.45) is 1.79. The predicted octanol–water partition coefficient (Wildman–Crippen LogP) is 12.7. The Morgan fingerprint density at radius 3 is 1.75 bits per heavy atom. The monoisotopic (exact) mass is 850 g/mol. The van der Waals surface area contributed by atoms with Crippen LogP contribution in [0.4, 0.5) is 0 Å². The fraction of sp³-hybridized carbons (Fsp3) is 0.125. The molecular weight excluding hydrogens is 811 g/mol. The van der Waals surface area contributed by atoms with E-state index in [9.17, 15) is 0 Å². The van der Waals surface area contributed by atoms with E-state index in [1.165, 1.54) is 49.1 Å². The van der Waals surface area contributed by atoms with E-state index in [4.69, 9.17) is 4.98 Å². The standard InChI is InChI=1S/C37H31N2.C11H8N.Ir/c1-23(2)26-16-11-17-27(24(3)4)36(26)39-35-19-10-9-18-34(35)38-37(39)25-20-21-32-30-14-6-5-12-28(30)29-13-7-8-15-31(29)33(32)22-25;1-2-6-10(7-3-1)11-8-4-5-9-12-11;/h5-19,21-24H,1-4H3;1-6,8-9H;/q2*-1;. The van der Waals surface area contributed by atoms with Crippen LogP contribution in [0, 0.1) is 12.1 Å². The fourth-order valence-electron chi connectivity index (χ4n) is 7.25. The Morgan fingerprint density at radius 2 is 1.13 bits per heavy atom. The van der Waals surface area contributed by atoms with Crippen LogP contribution in [0.25, 0.3) is 71.7 Å². The Bertz CT molecular complexity index is 2540. The second-order valence-electron chi connectivity index (χ2n) is 13.6. The summed E-state index contributed by atoms with van der Waals surface area (Å²) in [5.41, 5.74) is 9.06. The van der Waals surface area contributed by atoms with Crippen LogP contribution < -0.4 is 0 Å². The van der Waals surface area contributed by atoms with Gasteiger partial charge in [-0.1, -0.05) is 135 Å². The van der Waals surface area contributed by atoms with Crippen molar-refractivity contribution < 1.29 is 20.1 Å². The van der Waals surface area contributed by atoms with E-state index in [0.29, 0.717) is 11.8 Å². The minimum absolute atomic E-state index is 0. The van der Waals surface area contributed by atoms with E-state index in [1.54, 1.807) is 6.20 Å². The Kier molecular flexibility index (Phi) is 10.1. The molecule has 0 amide bonds. The SMILES string of the molecule is CC(C)c1cccc(C(C)C)c1-n1c(-c2[c-]cc3c4ccccc4c4ccccc4c3c2)nc2ccccc21.[Ir].[c-]1ccccc1-c1ccccn1. The van der Waals surface area contributed by atoms with Gasteiger partial charge >= 0.3 is 0 Å². The maximum absolute atomic E-state index is 5.24. The van der Waals surface area contributed by atoms with Gasteiger partial charge in [0, 0.05) is 32.0 Å². The Hall–Kier alpha value is -5.41. The molecule has 0 saturated carbocycles. The first-order valence-corrected chi connectivity index (χ1v) is 17.7. The van der Waals surface area contributed by atoms with Gasteiger partial charge in [-0.05, 0) is 63.0 Å². The van der Waals surface area contributed by atoms with Gasteiger partial charge in [0.1, 0.15) is 0 Å². The Labute approximate surface area is 319 Å². The third-order valence-corrected chi connectivity index (χ3v) is 9.69. The number of hydrogen-bond donors (Lipinski definition) is 0. The molecule has 0 spiro atoms. The molecule has 3 nitrogen and oxygen atoms in total. The Balaban J connectivity index is 0.000000275. The summed E-state index contributed by atoms with van der Waals surface area (Å²) >= 11 is 0. The molecule has 0 N–H and O–H groups in total. The zero-order chi connectivity index (χ0) is 34.9. The van der Waals surface area contributed by atoms with Crippen LogP contribution in [0.15, 0.2) is 152 Å². The maximum Gasteiger partial charge on any atom is 0.0774 e.